The minimum atomic E-state index is -0.366. The Morgan fingerprint density at radius 3 is 2.49 bits per heavy atom. The zero-order valence-electron chi connectivity index (χ0n) is 21.4. The lowest BCUT2D eigenvalue weighted by atomic mass is 9.92. The topological polar surface area (TPSA) is 134 Å². The Morgan fingerprint density at radius 2 is 1.81 bits per heavy atom. The molecule has 37 heavy (non-hydrogen) atoms. The van der Waals surface area contributed by atoms with Gasteiger partial charge in [0.15, 0.2) is 0 Å². The number of nitrogens with one attached hydrogen (secondary N) is 1. The van der Waals surface area contributed by atoms with Gasteiger partial charge >= 0.3 is 5.97 Å². The normalized spacial score (nSPS) is 17.7. The van der Waals surface area contributed by atoms with Crippen LogP contribution in [0.15, 0.2) is 47.6 Å². The third kappa shape index (κ3) is 6.11. The van der Waals surface area contributed by atoms with Gasteiger partial charge in [-0.15, -0.1) is 0 Å². The van der Waals surface area contributed by atoms with Crippen molar-refractivity contribution < 1.29 is 19.2 Å². The Labute approximate surface area is 216 Å². The number of carbonyl (C=O) groups excluding carboxylic acids is 2. The Morgan fingerprint density at radius 1 is 1.08 bits per heavy atom. The van der Waals surface area contributed by atoms with Crippen molar-refractivity contribution in [3.8, 4) is 0 Å². The molecule has 1 aliphatic carbocycles. The molecule has 1 aliphatic rings. The molecule has 0 unspecified atom stereocenters. The van der Waals surface area contributed by atoms with Crippen LogP contribution in [0.2, 0.25) is 0 Å². The molecular weight excluding hydrogens is 470 g/mol. The first-order valence-electron chi connectivity index (χ1n) is 12.8. The number of hydrogen-bond donors (Lipinski definition) is 3. The predicted molar refractivity (Wildman–Crippen MR) is 145 cm³/mol. The number of ether oxygens (including phenoxy) is 1. The first-order chi connectivity index (χ1) is 17.9. The highest BCUT2D eigenvalue weighted by Crippen LogP contribution is 2.31. The lowest BCUT2D eigenvalue weighted by Gasteiger charge is -2.27. The molecule has 1 aromatic heterocycles. The number of aromatic nitrogens is 1. The van der Waals surface area contributed by atoms with Gasteiger partial charge in [-0.2, -0.15) is 0 Å². The lowest BCUT2D eigenvalue weighted by molar-refractivity contribution is 0.0526. The molecule has 0 spiro atoms. The summed E-state index contributed by atoms with van der Waals surface area (Å²) in [5.74, 6) is -0.572. The zero-order valence-corrected chi connectivity index (χ0v) is 21.4. The van der Waals surface area contributed by atoms with Crippen LogP contribution in [0, 0.1) is 0 Å². The maximum absolute atomic E-state index is 13.6. The van der Waals surface area contributed by atoms with E-state index in [1.54, 1.807) is 25.3 Å². The van der Waals surface area contributed by atoms with Crippen molar-refractivity contribution in [3.63, 3.8) is 0 Å². The smallest absolute Gasteiger partial charge is 0.338 e. The molecule has 2 aromatic carbocycles. The van der Waals surface area contributed by atoms with Crippen LogP contribution >= 0.6 is 0 Å². The summed E-state index contributed by atoms with van der Waals surface area (Å²) < 4.78 is 7.01. The predicted octanol–water partition coefficient (Wildman–Crippen LogP) is 3.82. The summed E-state index contributed by atoms with van der Waals surface area (Å²) in [5.41, 5.74) is 16.5. The van der Waals surface area contributed by atoms with Crippen molar-refractivity contribution in [1.82, 2.24) is 9.88 Å². The molecule has 1 saturated carbocycles. The van der Waals surface area contributed by atoms with E-state index in [0.717, 1.165) is 47.7 Å². The molecule has 0 bridgehead atoms. The van der Waals surface area contributed by atoms with Gasteiger partial charge in [0.25, 0.3) is 5.91 Å². The van der Waals surface area contributed by atoms with Crippen molar-refractivity contribution >= 4 is 34.7 Å². The number of nitrogens with zero attached hydrogens (tertiary/aromatic N) is 2. The molecule has 0 aliphatic heterocycles. The second-order valence-corrected chi connectivity index (χ2v) is 9.28. The Hall–Kier alpha value is -3.85. The highest BCUT2D eigenvalue weighted by Gasteiger charge is 2.26. The van der Waals surface area contributed by atoms with E-state index in [1.807, 2.05) is 41.8 Å². The SMILES string of the molecule is CCO/N=C/c1ccc2c(N)c(C(=O)NC3CCC(N)CC3)n(Cc3ccc(C(=O)OCC)cc3)c2c1. The Bertz CT molecular complexity index is 1270. The summed E-state index contributed by atoms with van der Waals surface area (Å²) in [6, 6.07) is 13.2. The van der Waals surface area contributed by atoms with Gasteiger partial charge in [0, 0.05) is 24.0 Å². The molecular formula is C28H35N5O4. The molecule has 0 saturated heterocycles. The first kappa shape index (κ1) is 26.2. The van der Waals surface area contributed by atoms with Gasteiger partial charge in [0.1, 0.15) is 12.3 Å². The Kier molecular flexibility index (Phi) is 8.45. The van der Waals surface area contributed by atoms with Crippen LogP contribution < -0.4 is 16.8 Å². The van der Waals surface area contributed by atoms with E-state index >= 15 is 0 Å². The average Bonchev–Trinajstić information content (AvgIpc) is 3.17. The van der Waals surface area contributed by atoms with Crippen molar-refractivity contribution in [3.05, 3.63) is 64.8 Å². The summed E-state index contributed by atoms with van der Waals surface area (Å²) in [6.07, 6.45) is 5.11. The average molecular weight is 506 g/mol. The van der Waals surface area contributed by atoms with E-state index in [9.17, 15) is 9.59 Å². The largest absolute Gasteiger partial charge is 0.462 e. The number of anilines is 1. The summed E-state index contributed by atoms with van der Waals surface area (Å²) in [4.78, 5) is 30.7. The van der Waals surface area contributed by atoms with Crippen molar-refractivity contribution in [2.45, 2.75) is 58.2 Å². The minimum Gasteiger partial charge on any atom is -0.462 e. The molecule has 0 atom stereocenters. The molecule has 3 aromatic rings. The summed E-state index contributed by atoms with van der Waals surface area (Å²) in [6.45, 7) is 4.82. The number of nitrogen functional groups attached to an aromatic ring is 1. The maximum Gasteiger partial charge on any atom is 0.338 e. The van der Waals surface area contributed by atoms with E-state index in [-0.39, 0.29) is 24.0 Å². The molecule has 1 amide bonds. The van der Waals surface area contributed by atoms with E-state index in [4.69, 9.17) is 21.0 Å². The second-order valence-electron chi connectivity index (χ2n) is 9.28. The quantitative estimate of drug-likeness (QED) is 0.230. The number of nitrogens with two attached hydrogens (primary N) is 2. The fourth-order valence-electron chi connectivity index (χ4n) is 4.72. The number of hydrogen-bond acceptors (Lipinski definition) is 7. The van der Waals surface area contributed by atoms with Crippen LogP contribution in [0.4, 0.5) is 5.69 Å². The van der Waals surface area contributed by atoms with Crippen molar-refractivity contribution in [2.24, 2.45) is 10.9 Å². The number of oxime groups is 1. The monoisotopic (exact) mass is 505 g/mol. The first-order valence-corrected chi connectivity index (χ1v) is 12.8. The zero-order chi connectivity index (χ0) is 26.4. The van der Waals surface area contributed by atoms with Crippen LogP contribution in [0.3, 0.4) is 0 Å². The third-order valence-electron chi connectivity index (χ3n) is 6.66. The maximum atomic E-state index is 13.6. The number of fused-ring (bicyclic) bond motifs is 1. The van der Waals surface area contributed by atoms with E-state index in [2.05, 4.69) is 10.5 Å². The molecule has 9 heteroatoms. The van der Waals surface area contributed by atoms with E-state index in [1.165, 1.54) is 0 Å². The van der Waals surface area contributed by atoms with Gasteiger partial charge in [0.05, 0.1) is 29.6 Å². The van der Waals surface area contributed by atoms with Gasteiger partial charge in [0.2, 0.25) is 0 Å². The number of benzene rings is 2. The van der Waals surface area contributed by atoms with Crippen LogP contribution in [-0.2, 0) is 16.1 Å². The van der Waals surface area contributed by atoms with Crippen LogP contribution in [0.5, 0.6) is 0 Å². The lowest BCUT2D eigenvalue weighted by Crippen LogP contribution is -2.41. The Balaban J connectivity index is 1.70. The number of amides is 1. The number of carbonyl (C=O) groups is 2. The van der Waals surface area contributed by atoms with Gasteiger partial charge in [-0.05, 0) is 68.9 Å². The molecule has 0 radical (unpaired) electrons. The van der Waals surface area contributed by atoms with Gasteiger partial charge in [-0.1, -0.05) is 29.4 Å². The summed E-state index contributed by atoms with van der Waals surface area (Å²) in [7, 11) is 0. The van der Waals surface area contributed by atoms with Gasteiger partial charge < -0.3 is 30.9 Å². The summed E-state index contributed by atoms with van der Waals surface area (Å²) in [5, 5.41) is 7.93. The number of esters is 1. The second kappa shape index (κ2) is 11.9. The van der Waals surface area contributed by atoms with Gasteiger partial charge in [-0.25, -0.2) is 4.79 Å². The summed E-state index contributed by atoms with van der Waals surface area (Å²) >= 11 is 0. The number of rotatable bonds is 9. The molecule has 1 fully saturated rings. The highest BCUT2D eigenvalue weighted by molar-refractivity contribution is 6.09. The van der Waals surface area contributed by atoms with Crippen LogP contribution in [0.1, 0.15) is 71.5 Å². The molecule has 9 nitrogen and oxygen atoms in total. The molecule has 4 rings (SSSR count). The minimum absolute atomic E-state index is 0.0657. The highest BCUT2D eigenvalue weighted by atomic mass is 16.6. The van der Waals surface area contributed by atoms with Crippen molar-refractivity contribution in [2.75, 3.05) is 18.9 Å². The molecule has 5 N–H and O–H groups in total. The fraction of sp³-hybridized carbons (Fsp3) is 0.393. The van der Waals surface area contributed by atoms with Crippen LogP contribution in [-0.4, -0.2) is 48.0 Å². The molecule has 1 heterocycles. The van der Waals surface area contributed by atoms with Crippen LogP contribution in [0.25, 0.3) is 10.9 Å². The van der Waals surface area contributed by atoms with E-state index in [0.29, 0.717) is 36.7 Å². The standard InChI is InChI=1S/C28H35N5O4/c1-3-36-28(35)20-8-5-18(6-9-20)17-33-24-15-19(16-31-37-4-2)7-14-23(24)25(30)26(33)27(34)32-22-12-10-21(29)11-13-22/h5-9,14-16,21-22H,3-4,10-13,17,29-30H2,1-2H3,(H,32,34)/b31-16+. The fourth-order valence-corrected chi connectivity index (χ4v) is 4.72. The van der Waals surface area contributed by atoms with Crippen molar-refractivity contribution in [1.29, 1.82) is 0 Å². The third-order valence-corrected chi connectivity index (χ3v) is 6.66. The molecule has 196 valence electrons. The van der Waals surface area contributed by atoms with E-state index < -0.39 is 0 Å². The van der Waals surface area contributed by atoms with Gasteiger partial charge in [-0.3, -0.25) is 4.79 Å².